The number of hydrogen-bond acceptors (Lipinski definition) is 7. The van der Waals surface area contributed by atoms with Crippen molar-refractivity contribution in [3.05, 3.63) is 53.6 Å². The van der Waals surface area contributed by atoms with Gasteiger partial charge in [-0.3, -0.25) is 4.90 Å². The molecular formula is C24H29FN6O2. The minimum absolute atomic E-state index is 0.0271. The maximum atomic E-state index is 13.1. The number of nitriles is 1. The first-order valence-corrected chi connectivity index (χ1v) is 11.4. The van der Waals surface area contributed by atoms with E-state index in [-0.39, 0.29) is 30.1 Å². The molecule has 1 aromatic heterocycles. The SMILES string of the molecule is C[C@@H]1CN(c2ncc(C#N)cn2)[C@@H](C)CN1C(=O)OC1CCN(Cc2ccc(F)cc2)CC1. The van der Waals surface area contributed by atoms with Gasteiger partial charge in [-0.05, 0) is 44.4 Å². The highest BCUT2D eigenvalue weighted by molar-refractivity contribution is 5.69. The maximum absolute atomic E-state index is 13.1. The zero-order valence-electron chi connectivity index (χ0n) is 19.0. The summed E-state index contributed by atoms with van der Waals surface area (Å²) >= 11 is 0. The monoisotopic (exact) mass is 452 g/mol. The third-order valence-corrected chi connectivity index (χ3v) is 6.37. The first kappa shape index (κ1) is 22.9. The summed E-state index contributed by atoms with van der Waals surface area (Å²) in [4.78, 5) is 27.7. The quantitative estimate of drug-likeness (QED) is 0.704. The van der Waals surface area contributed by atoms with E-state index in [4.69, 9.17) is 10.00 Å². The van der Waals surface area contributed by atoms with Crippen molar-refractivity contribution in [2.24, 2.45) is 0 Å². The number of halogens is 1. The summed E-state index contributed by atoms with van der Waals surface area (Å²) in [5.41, 5.74) is 1.50. The van der Waals surface area contributed by atoms with Crippen molar-refractivity contribution in [1.29, 1.82) is 5.26 Å². The highest BCUT2D eigenvalue weighted by Gasteiger charge is 2.35. The number of nitrogens with zero attached hydrogens (tertiary/aromatic N) is 6. The Morgan fingerprint density at radius 3 is 2.42 bits per heavy atom. The van der Waals surface area contributed by atoms with Crippen molar-refractivity contribution < 1.29 is 13.9 Å². The number of anilines is 1. The molecule has 9 heteroatoms. The molecule has 4 rings (SSSR count). The topological polar surface area (TPSA) is 85.6 Å². The van der Waals surface area contributed by atoms with Crippen molar-refractivity contribution in [3.8, 4) is 6.07 Å². The molecule has 3 heterocycles. The van der Waals surface area contributed by atoms with E-state index in [9.17, 15) is 9.18 Å². The summed E-state index contributed by atoms with van der Waals surface area (Å²) in [6.45, 7) is 7.59. The fourth-order valence-corrected chi connectivity index (χ4v) is 4.43. The molecule has 0 N–H and O–H groups in total. The Morgan fingerprint density at radius 1 is 1.12 bits per heavy atom. The van der Waals surface area contributed by atoms with Crippen LogP contribution in [0.5, 0.6) is 0 Å². The molecule has 33 heavy (non-hydrogen) atoms. The molecule has 8 nitrogen and oxygen atoms in total. The molecule has 0 radical (unpaired) electrons. The molecule has 0 unspecified atom stereocenters. The van der Waals surface area contributed by atoms with E-state index in [0.29, 0.717) is 24.6 Å². The number of benzene rings is 1. The molecule has 2 aromatic rings. The van der Waals surface area contributed by atoms with E-state index in [1.807, 2.05) is 32.0 Å². The highest BCUT2D eigenvalue weighted by atomic mass is 19.1. The molecule has 2 aliphatic heterocycles. The molecule has 2 aliphatic rings. The normalized spacial score (nSPS) is 22.1. The first-order valence-electron chi connectivity index (χ1n) is 11.4. The second-order valence-corrected chi connectivity index (χ2v) is 8.87. The largest absolute Gasteiger partial charge is 0.446 e. The molecule has 1 aromatic carbocycles. The number of likely N-dealkylation sites (tertiary alicyclic amines) is 1. The lowest BCUT2D eigenvalue weighted by atomic mass is 10.1. The van der Waals surface area contributed by atoms with Crippen LogP contribution in [0.2, 0.25) is 0 Å². The van der Waals surface area contributed by atoms with Crippen LogP contribution in [0.1, 0.15) is 37.8 Å². The molecule has 0 aliphatic carbocycles. The third kappa shape index (κ3) is 5.57. The van der Waals surface area contributed by atoms with Crippen LogP contribution in [-0.2, 0) is 11.3 Å². The molecule has 2 atom stereocenters. The van der Waals surface area contributed by atoms with Gasteiger partial charge in [-0.1, -0.05) is 12.1 Å². The van der Waals surface area contributed by atoms with E-state index in [2.05, 4.69) is 19.8 Å². The van der Waals surface area contributed by atoms with Crippen LogP contribution in [0.15, 0.2) is 36.7 Å². The van der Waals surface area contributed by atoms with Gasteiger partial charge in [0, 0.05) is 44.8 Å². The Labute approximate surface area is 193 Å². The Hall–Kier alpha value is -3.25. The zero-order chi connectivity index (χ0) is 23.4. The van der Waals surface area contributed by atoms with E-state index < -0.39 is 0 Å². The zero-order valence-corrected chi connectivity index (χ0v) is 19.0. The summed E-state index contributed by atoms with van der Waals surface area (Å²) in [6, 6.07) is 8.60. The number of hydrogen-bond donors (Lipinski definition) is 0. The lowest BCUT2D eigenvalue weighted by Gasteiger charge is -2.44. The Morgan fingerprint density at radius 2 is 1.79 bits per heavy atom. The first-order chi connectivity index (χ1) is 15.9. The minimum Gasteiger partial charge on any atom is -0.446 e. The van der Waals surface area contributed by atoms with E-state index in [0.717, 1.165) is 38.0 Å². The Kier molecular flexibility index (Phi) is 7.04. The Bertz CT molecular complexity index is 986. The van der Waals surface area contributed by atoms with Gasteiger partial charge in [0.05, 0.1) is 18.0 Å². The van der Waals surface area contributed by atoms with Gasteiger partial charge >= 0.3 is 6.09 Å². The summed E-state index contributed by atoms with van der Waals surface area (Å²) < 4.78 is 19.0. The summed E-state index contributed by atoms with van der Waals surface area (Å²) in [6.07, 6.45) is 4.24. The van der Waals surface area contributed by atoms with Crippen molar-refractivity contribution >= 4 is 12.0 Å². The van der Waals surface area contributed by atoms with E-state index in [1.165, 1.54) is 24.5 Å². The van der Waals surface area contributed by atoms with Gasteiger partial charge in [0.15, 0.2) is 0 Å². The standard InChI is InChI=1S/C24H29FN6O2/c1-17-15-31(18(2)14-30(17)23-27-12-20(11-26)13-28-23)24(32)33-22-7-9-29(10-8-22)16-19-3-5-21(25)6-4-19/h3-6,12-13,17-18,22H,7-10,14-16H2,1-2H3/t17-,18+/m0/s1. The van der Waals surface area contributed by atoms with E-state index in [1.54, 1.807) is 4.90 Å². The van der Waals surface area contributed by atoms with Gasteiger partial charge in [0.1, 0.15) is 18.0 Å². The number of carbonyl (C=O) groups is 1. The average molecular weight is 453 g/mol. The van der Waals surface area contributed by atoms with Crippen molar-refractivity contribution in [1.82, 2.24) is 19.8 Å². The van der Waals surface area contributed by atoms with Crippen LogP contribution in [0, 0.1) is 17.1 Å². The van der Waals surface area contributed by atoms with Crippen molar-refractivity contribution in [2.75, 3.05) is 31.1 Å². The summed E-state index contributed by atoms with van der Waals surface area (Å²) in [5, 5.41) is 8.94. The van der Waals surface area contributed by atoms with E-state index >= 15 is 0 Å². The molecule has 2 saturated heterocycles. The lowest BCUT2D eigenvalue weighted by molar-refractivity contribution is 0.0165. The molecule has 174 valence electrons. The second kappa shape index (κ2) is 10.1. The molecule has 0 saturated carbocycles. The predicted molar refractivity (Wildman–Crippen MR) is 121 cm³/mol. The number of rotatable bonds is 4. The number of piperidine rings is 1. The smallest absolute Gasteiger partial charge is 0.410 e. The van der Waals surface area contributed by atoms with Crippen LogP contribution in [0.4, 0.5) is 15.1 Å². The molecule has 2 fully saturated rings. The maximum Gasteiger partial charge on any atom is 0.410 e. The van der Waals surface area contributed by atoms with Gasteiger partial charge in [0.2, 0.25) is 5.95 Å². The van der Waals surface area contributed by atoms with Crippen molar-refractivity contribution in [2.45, 2.75) is 51.4 Å². The predicted octanol–water partition coefficient (Wildman–Crippen LogP) is 3.19. The highest BCUT2D eigenvalue weighted by Crippen LogP contribution is 2.23. The van der Waals surface area contributed by atoms with Crippen LogP contribution in [0.3, 0.4) is 0 Å². The average Bonchev–Trinajstić information content (AvgIpc) is 2.83. The Balaban J connectivity index is 1.26. The van der Waals surface area contributed by atoms with Gasteiger partial charge in [-0.15, -0.1) is 0 Å². The number of carbonyl (C=O) groups excluding carboxylic acids is 1. The van der Waals surface area contributed by atoms with Crippen LogP contribution in [-0.4, -0.2) is 70.2 Å². The van der Waals surface area contributed by atoms with Gasteiger partial charge in [-0.2, -0.15) is 5.26 Å². The number of amides is 1. The van der Waals surface area contributed by atoms with Gasteiger partial charge in [0.25, 0.3) is 0 Å². The summed E-state index contributed by atoms with van der Waals surface area (Å²) in [5.74, 6) is 0.341. The van der Waals surface area contributed by atoms with Crippen LogP contribution >= 0.6 is 0 Å². The molecule has 0 spiro atoms. The van der Waals surface area contributed by atoms with Crippen LogP contribution < -0.4 is 4.90 Å². The molecule has 0 bridgehead atoms. The fourth-order valence-electron chi connectivity index (χ4n) is 4.43. The van der Waals surface area contributed by atoms with Gasteiger partial charge < -0.3 is 14.5 Å². The van der Waals surface area contributed by atoms with Crippen molar-refractivity contribution in [3.63, 3.8) is 0 Å². The molecule has 1 amide bonds. The lowest BCUT2D eigenvalue weighted by Crippen LogP contribution is -2.59. The van der Waals surface area contributed by atoms with Gasteiger partial charge in [-0.25, -0.2) is 19.2 Å². The number of piperazine rings is 1. The second-order valence-electron chi connectivity index (χ2n) is 8.87. The third-order valence-electron chi connectivity index (χ3n) is 6.37. The minimum atomic E-state index is -0.272. The summed E-state index contributed by atoms with van der Waals surface area (Å²) in [7, 11) is 0. The fraction of sp³-hybridized carbons (Fsp3) is 0.500. The number of ether oxygens (including phenoxy) is 1. The molecular weight excluding hydrogens is 423 g/mol. The number of aromatic nitrogens is 2. The van der Waals surface area contributed by atoms with Crippen LogP contribution in [0.25, 0.3) is 0 Å².